The van der Waals surface area contributed by atoms with Gasteiger partial charge in [0.25, 0.3) is 5.91 Å². The first-order valence-electron chi connectivity index (χ1n) is 9.09. The SMILES string of the molecule is Cn1cc(C(=O)N2CCCCC[C@@H]2c2ccco2)c(=O)c2ccccc21. The van der Waals surface area contributed by atoms with Gasteiger partial charge in [0.15, 0.2) is 0 Å². The Bertz CT molecular complexity index is 988. The van der Waals surface area contributed by atoms with Gasteiger partial charge in [0, 0.05) is 25.2 Å². The molecule has 2 aromatic heterocycles. The summed E-state index contributed by atoms with van der Waals surface area (Å²) in [5.74, 6) is 0.581. The molecule has 0 radical (unpaired) electrons. The molecule has 3 aromatic rings. The molecule has 1 aliphatic rings. The number of aromatic nitrogens is 1. The van der Waals surface area contributed by atoms with Gasteiger partial charge in [-0.25, -0.2) is 0 Å². The van der Waals surface area contributed by atoms with Crippen molar-refractivity contribution in [3.63, 3.8) is 0 Å². The van der Waals surface area contributed by atoms with Crippen LogP contribution in [0.3, 0.4) is 0 Å². The van der Waals surface area contributed by atoms with Crippen LogP contribution in [0.4, 0.5) is 0 Å². The van der Waals surface area contributed by atoms with Crippen LogP contribution >= 0.6 is 0 Å². The molecule has 1 aliphatic heterocycles. The van der Waals surface area contributed by atoms with E-state index in [0.29, 0.717) is 11.9 Å². The van der Waals surface area contributed by atoms with Gasteiger partial charge < -0.3 is 13.9 Å². The molecule has 5 nitrogen and oxygen atoms in total. The summed E-state index contributed by atoms with van der Waals surface area (Å²) in [6.07, 6.45) is 7.22. The van der Waals surface area contributed by atoms with Crippen molar-refractivity contribution in [2.24, 2.45) is 7.05 Å². The second kappa shape index (κ2) is 6.83. The van der Waals surface area contributed by atoms with Crippen molar-refractivity contribution in [3.05, 3.63) is 70.4 Å². The van der Waals surface area contributed by atoms with Crippen LogP contribution in [0, 0.1) is 0 Å². The lowest BCUT2D eigenvalue weighted by Gasteiger charge is -2.28. The van der Waals surface area contributed by atoms with Gasteiger partial charge in [-0.1, -0.05) is 25.0 Å². The Kier molecular flexibility index (Phi) is 4.37. The molecule has 0 spiro atoms. The number of amides is 1. The summed E-state index contributed by atoms with van der Waals surface area (Å²) < 4.78 is 7.44. The molecule has 134 valence electrons. The molecular weight excluding hydrogens is 328 g/mol. The molecular formula is C21H22N2O3. The highest BCUT2D eigenvalue weighted by Crippen LogP contribution is 2.31. The molecule has 3 heterocycles. The third-order valence-corrected chi connectivity index (χ3v) is 5.21. The summed E-state index contributed by atoms with van der Waals surface area (Å²) in [6, 6.07) is 11.0. The highest BCUT2D eigenvalue weighted by molar-refractivity contribution is 5.97. The minimum atomic E-state index is -0.209. The molecule has 1 atom stereocenters. The van der Waals surface area contributed by atoms with E-state index in [-0.39, 0.29) is 22.9 Å². The van der Waals surface area contributed by atoms with E-state index >= 15 is 0 Å². The predicted molar refractivity (Wildman–Crippen MR) is 100 cm³/mol. The highest BCUT2D eigenvalue weighted by atomic mass is 16.3. The molecule has 4 rings (SSSR count). The average Bonchev–Trinajstić information content (AvgIpc) is 3.08. The van der Waals surface area contributed by atoms with Crippen molar-refractivity contribution >= 4 is 16.8 Å². The average molecular weight is 350 g/mol. The number of para-hydroxylation sites is 1. The number of benzene rings is 1. The molecule has 1 amide bonds. The topological polar surface area (TPSA) is 55.5 Å². The molecule has 26 heavy (non-hydrogen) atoms. The van der Waals surface area contributed by atoms with Crippen LogP contribution in [-0.2, 0) is 7.05 Å². The fourth-order valence-electron chi connectivity index (χ4n) is 3.88. The van der Waals surface area contributed by atoms with Gasteiger partial charge in [-0.3, -0.25) is 9.59 Å². The van der Waals surface area contributed by atoms with E-state index in [2.05, 4.69) is 0 Å². The molecule has 0 aliphatic carbocycles. The van der Waals surface area contributed by atoms with E-state index in [4.69, 9.17) is 4.42 Å². The predicted octanol–water partition coefficient (Wildman–Crippen LogP) is 3.89. The number of hydrogen-bond acceptors (Lipinski definition) is 3. The van der Waals surface area contributed by atoms with Gasteiger partial charge >= 0.3 is 0 Å². The number of hydrogen-bond donors (Lipinski definition) is 0. The lowest BCUT2D eigenvalue weighted by molar-refractivity contribution is 0.0656. The van der Waals surface area contributed by atoms with Crippen molar-refractivity contribution < 1.29 is 9.21 Å². The zero-order chi connectivity index (χ0) is 18.1. The van der Waals surface area contributed by atoms with Crippen molar-refractivity contribution in [1.82, 2.24) is 9.47 Å². The van der Waals surface area contributed by atoms with Crippen molar-refractivity contribution in [2.45, 2.75) is 31.7 Å². The monoisotopic (exact) mass is 350 g/mol. The summed E-state index contributed by atoms with van der Waals surface area (Å²) in [6.45, 7) is 0.639. The van der Waals surface area contributed by atoms with Gasteiger partial charge in [-0.05, 0) is 37.1 Å². The summed E-state index contributed by atoms with van der Waals surface area (Å²) in [4.78, 5) is 28.1. The van der Waals surface area contributed by atoms with Gasteiger partial charge in [-0.2, -0.15) is 0 Å². The second-order valence-corrected chi connectivity index (χ2v) is 6.88. The van der Waals surface area contributed by atoms with E-state index in [0.717, 1.165) is 37.0 Å². The van der Waals surface area contributed by atoms with E-state index in [1.54, 1.807) is 18.5 Å². The Labute approximate surface area is 151 Å². The number of carbonyl (C=O) groups is 1. The van der Waals surface area contributed by atoms with Crippen molar-refractivity contribution in [2.75, 3.05) is 6.54 Å². The Balaban J connectivity index is 1.79. The van der Waals surface area contributed by atoms with Crippen LogP contribution in [0.15, 0.2) is 58.1 Å². The zero-order valence-corrected chi connectivity index (χ0v) is 14.9. The summed E-state index contributed by atoms with van der Waals surface area (Å²) in [7, 11) is 1.87. The van der Waals surface area contributed by atoms with E-state index in [1.807, 2.05) is 46.8 Å². The summed E-state index contributed by atoms with van der Waals surface area (Å²) >= 11 is 0. The van der Waals surface area contributed by atoms with Gasteiger partial charge in [0.2, 0.25) is 5.43 Å². The lowest BCUT2D eigenvalue weighted by Crippen LogP contribution is -2.37. The fraction of sp³-hybridized carbons (Fsp3) is 0.333. The highest BCUT2D eigenvalue weighted by Gasteiger charge is 2.30. The largest absolute Gasteiger partial charge is 0.467 e. The lowest BCUT2D eigenvalue weighted by atomic mass is 10.1. The normalized spacial score (nSPS) is 18.0. The van der Waals surface area contributed by atoms with E-state index < -0.39 is 0 Å². The molecule has 5 heteroatoms. The number of pyridine rings is 1. The quantitative estimate of drug-likeness (QED) is 0.704. The number of rotatable bonds is 2. The number of fused-ring (bicyclic) bond motifs is 1. The maximum absolute atomic E-state index is 13.3. The summed E-state index contributed by atoms with van der Waals surface area (Å²) in [5, 5.41) is 0.574. The first kappa shape index (κ1) is 16.6. The molecule has 0 saturated carbocycles. The van der Waals surface area contributed by atoms with Crippen LogP contribution in [0.25, 0.3) is 10.9 Å². The first-order valence-corrected chi connectivity index (χ1v) is 9.09. The second-order valence-electron chi connectivity index (χ2n) is 6.88. The number of aryl methyl sites for hydroxylation is 1. The zero-order valence-electron chi connectivity index (χ0n) is 14.9. The fourth-order valence-corrected chi connectivity index (χ4v) is 3.88. The van der Waals surface area contributed by atoms with Gasteiger partial charge in [-0.15, -0.1) is 0 Å². The molecule has 1 aromatic carbocycles. The molecule has 0 unspecified atom stereocenters. The van der Waals surface area contributed by atoms with E-state index in [9.17, 15) is 9.59 Å². The van der Waals surface area contributed by atoms with Gasteiger partial charge in [0.05, 0.1) is 17.8 Å². The number of carbonyl (C=O) groups excluding carboxylic acids is 1. The molecule has 0 N–H and O–H groups in total. The van der Waals surface area contributed by atoms with Crippen molar-refractivity contribution in [3.8, 4) is 0 Å². The van der Waals surface area contributed by atoms with Crippen LogP contribution in [0.2, 0.25) is 0 Å². The number of likely N-dealkylation sites (tertiary alicyclic amines) is 1. The van der Waals surface area contributed by atoms with Gasteiger partial charge in [0.1, 0.15) is 11.3 Å². The minimum absolute atomic E-state index is 0.115. The summed E-state index contributed by atoms with van der Waals surface area (Å²) in [5.41, 5.74) is 0.850. The number of nitrogens with zero attached hydrogens (tertiary/aromatic N) is 2. The number of furan rings is 1. The first-order chi connectivity index (χ1) is 12.7. The smallest absolute Gasteiger partial charge is 0.259 e. The Morgan fingerprint density at radius 1 is 1.12 bits per heavy atom. The van der Waals surface area contributed by atoms with Crippen LogP contribution < -0.4 is 5.43 Å². The standard InChI is InChI=1S/C21H22N2O3/c1-22-14-16(20(24)15-8-4-5-9-17(15)22)21(25)23-12-6-2-3-10-18(23)19-11-7-13-26-19/h4-5,7-9,11,13-14,18H,2-3,6,10,12H2,1H3/t18-/m1/s1. The molecule has 1 fully saturated rings. The van der Waals surface area contributed by atoms with Crippen LogP contribution in [0.1, 0.15) is 47.8 Å². The Hall–Kier alpha value is -2.82. The Morgan fingerprint density at radius 2 is 1.96 bits per heavy atom. The third kappa shape index (κ3) is 2.83. The van der Waals surface area contributed by atoms with E-state index in [1.165, 1.54) is 0 Å². The Morgan fingerprint density at radius 3 is 2.77 bits per heavy atom. The maximum Gasteiger partial charge on any atom is 0.259 e. The molecule has 1 saturated heterocycles. The third-order valence-electron chi connectivity index (χ3n) is 5.21. The minimum Gasteiger partial charge on any atom is -0.467 e. The maximum atomic E-state index is 13.3. The van der Waals surface area contributed by atoms with Crippen LogP contribution in [0.5, 0.6) is 0 Å². The van der Waals surface area contributed by atoms with Crippen LogP contribution in [-0.4, -0.2) is 21.9 Å². The van der Waals surface area contributed by atoms with Crippen molar-refractivity contribution in [1.29, 1.82) is 0 Å². The molecule has 0 bridgehead atoms.